The maximum Gasteiger partial charge on any atom is 0.106 e. The highest BCUT2D eigenvalue weighted by Crippen LogP contribution is 2.24. The number of anilines is 2. The molecule has 0 amide bonds. The number of nitrogens with two attached hydrogens (primary N) is 1. The van der Waals surface area contributed by atoms with Crippen molar-refractivity contribution in [3.8, 4) is 0 Å². The van der Waals surface area contributed by atoms with Crippen LogP contribution in [0.4, 0.5) is 11.4 Å². The quantitative estimate of drug-likeness (QED) is 0.656. The van der Waals surface area contributed by atoms with Crippen molar-refractivity contribution in [2.75, 3.05) is 11.6 Å². The average molecular weight is 288 g/mol. The third-order valence-corrected chi connectivity index (χ3v) is 3.77. The minimum atomic E-state index is 0.406. The smallest absolute Gasteiger partial charge is 0.106 e. The summed E-state index contributed by atoms with van der Waals surface area (Å²) in [6.45, 7) is 2.05. The summed E-state index contributed by atoms with van der Waals surface area (Å²) in [5.41, 5.74) is 9.77. The molecule has 0 radical (unpaired) electrons. The van der Waals surface area contributed by atoms with Crippen LogP contribution in [0.25, 0.3) is 0 Å². The van der Waals surface area contributed by atoms with Crippen molar-refractivity contribution in [1.29, 1.82) is 0 Å². The largest absolute Gasteiger partial charge is 0.389 e. The van der Waals surface area contributed by atoms with E-state index in [-0.39, 0.29) is 0 Å². The predicted octanol–water partition coefficient (Wildman–Crippen LogP) is 4.09. The van der Waals surface area contributed by atoms with E-state index in [1.165, 1.54) is 10.5 Å². The minimum Gasteiger partial charge on any atom is -0.389 e. The van der Waals surface area contributed by atoms with E-state index in [1.807, 2.05) is 19.1 Å². The lowest BCUT2D eigenvalue weighted by molar-refractivity contribution is 1.41. The highest BCUT2D eigenvalue weighted by molar-refractivity contribution is 7.98. The first kappa shape index (κ1) is 13.9. The van der Waals surface area contributed by atoms with E-state index in [2.05, 4.69) is 41.9 Å². The Hall–Kier alpha value is -1.52. The summed E-state index contributed by atoms with van der Waals surface area (Å²) in [5.74, 6) is 0. The molecular weight excluding hydrogens is 272 g/mol. The van der Waals surface area contributed by atoms with Crippen LogP contribution in [0.3, 0.4) is 0 Å². The molecule has 0 fully saturated rings. The standard InChI is InChI=1S/C15H16N2S2/c1-10-3-8-13(15(16)18)14(9-10)17-11-4-6-12(19-2)7-5-11/h3-9,17H,1-2H3,(H2,16,18). The van der Waals surface area contributed by atoms with Gasteiger partial charge in [-0.25, -0.2) is 0 Å². The van der Waals surface area contributed by atoms with Gasteiger partial charge in [-0.05, 0) is 55.1 Å². The highest BCUT2D eigenvalue weighted by Gasteiger charge is 2.05. The molecule has 98 valence electrons. The van der Waals surface area contributed by atoms with Crippen molar-refractivity contribution in [2.45, 2.75) is 11.8 Å². The maximum absolute atomic E-state index is 5.75. The van der Waals surface area contributed by atoms with Crippen molar-refractivity contribution < 1.29 is 0 Å². The Morgan fingerprint density at radius 3 is 2.42 bits per heavy atom. The molecule has 0 unspecified atom stereocenters. The average Bonchev–Trinajstić information content (AvgIpc) is 2.39. The summed E-state index contributed by atoms with van der Waals surface area (Å²) in [7, 11) is 0. The maximum atomic E-state index is 5.75. The molecule has 2 aromatic rings. The van der Waals surface area contributed by atoms with E-state index in [0.717, 1.165) is 16.9 Å². The van der Waals surface area contributed by atoms with Gasteiger partial charge in [0.1, 0.15) is 4.99 Å². The van der Waals surface area contributed by atoms with Gasteiger partial charge in [0.05, 0.1) is 0 Å². The molecule has 2 aromatic carbocycles. The van der Waals surface area contributed by atoms with Gasteiger partial charge in [-0.2, -0.15) is 0 Å². The summed E-state index contributed by atoms with van der Waals surface area (Å²) >= 11 is 6.81. The van der Waals surface area contributed by atoms with E-state index >= 15 is 0 Å². The van der Waals surface area contributed by atoms with E-state index in [0.29, 0.717) is 4.99 Å². The molecule has 3 N–H and O–H groups in total. The van der Waals surface area contributed by atoms with Gasteiger partial charge in [-0.3, -0.25) is 0 Å². The Morgan fingerprint density at radius 1 is 1.16 bits per heavy atom. The van der Waals surface area contributed by atoms with Gasteiger partial charge >= 0.3 is 0 Å². The van der Waals surface area contributed by atoms with Gasteiger partial charge < -0.3 is 11.1 Å². The SMILES string of the molecule is CSc1ccc(Nc2cc(C)ccc2C(N)=S)cc1. The van der Waals surface area contributed by atoms with Crippen LogP contribution in [0.15, 0.2) is 47.4 Å². The topological polar surface area (TPSA) is 38.0 Å². The molecule has 0 aliphatic heterocycles. The predicted molar refractivity (Wildman–Crippen MR) is 88.6 cm³/mol. The molecular formula is C15H16N2S2. The van der Waals surface area contributed by atoms with E-state index in [9.17, 15) is 0 Å². The Kier molecular flexibility index (Phi) is 4.45. The second-order valence-corrected chi connectivity index (χ2v) is 5.59. The number of rotatable bonds is 4. The molecule has 2 nitrogen and oxygen atoms in total. The second kappa shape index (κ2) is 6.08. The first-order chi connectivity index (χ1) is 9.10. The van der Waals surface area contributed by atoms with Gasteiger partial charge in [-0.1, -0.05) is 18.3 Å². The Labute approximate surface area is 123 Å². The molecule has 0 saturated heterocycles. The molecule has 0 bridgehead atoms. The summed E-state index contributed by atoms with van der Waals surface area (Å²) < 4.78 is 0. The van der Waals surface area contributed by atoms with Crippen molar-refractivity contribution >= 4 is 40.3 Å². The van der Waals surface area contributed by atoms with Crippen molar-refractivity contribution in [3.05, 3.63) is 53.6 Å². The molecule has 0 spiro atoms. The monoisotopic (exact) mass is 288 g/mol. The summed E-state index contributed by atoms with van der Waals surface area (Å²) in [5, 5.41) is 3.37. The minimum absolute atomic E-state index is 0.406. The van der Waals surface area contributed by atoms with Crippen LogP contribution in [0.5, 0.6) is 0 Å². The van der Waals surface area contributed by atoms with Crippen molar-refractivity contribution in [2.24, 2.45) is 5.73 Å². The van der Waals surface area contributed by atoms with Crippen molar-refractivity contribution in [1.82, 2.24) is 0 Å². The van der Waals surface area contributed by atoms with E-state index in [1.54, 1.807) is 11.8 Å². The molecule has 0 atom stereocenters. The zero-order chi connectivity index (χ0) is 13.8. The second-order valence-electron chi connectivity index (χ2n) is 4.27. The lowest BCUT2D eigenvalue weighted by Crippen LogP contribution is -2.12. The molecule has 2 rings (SSSR count). The van der Waals surface area contributed by atoms with Gasteiger partial charge in [0, 0.05) is 21.8 Å². The van der Waals surface area contributed by atoms with Gasteiger partial charge in [-0.15, -0.1) is 11.8 Å². The zero-order valence-electron chi connectivity index (χ0n) is 10.9. The molecule has 0 aliphatic carbocycles. The van der Waals surface area contributed by atoms with Crippen LogP contribution in [-0.2, 0) is 0 Å². The van der Waals surface area contributed by atoms with Crippen molar-refractivity contribution in [3.63, 3.8) is 0 Å². The normalized spacial score (nSPS) is 10.2. The number of hydrogen-bond acceptors (Lipinski definition) is 3. The summed E-state index contributed by atoms with van der Waals surface area (Å²) in [6.07, 6.45) is 2.06. The summed E-state index contributed by atoms with van der Waals surface area (Å²) in [4.78, 5) is 1.65. The van der Waals surface area contributed by atoms with Crippen LogP contribution >= 0.6 is 24.0 Å². The number of hydrogen-bond donors (Lipinski definition) is 2. The van der Waals surface area contributed by atoms with E-state index in [4.69, 9.17) is 18.0 Å². The number of nitrogens with one attached hydrogen (secondary N) is 1. The Bertz CT molecular complexity index is 592. The van der Waals surface area contributed by atoms with Crippen LogP contribution in [0.2, 0.25) is 0 Å². The number of aryl methyl sites for hydroxylation is 1. The fourth-order valence-electron chi connectivity index (χ4n) is 1.81. The molecule has 19 heavy (non-hydrogen) atoms. The molecule has 0 aromatic heterocycles. The highest BCUT2D eigenvalue weighted by atomic mass is 32.2. The zero-order valence-corrected chi connectivity index (χ0v) is 12.6. The van der Waals surface area contributed by atoms with Gasteiger partial charge in [0.15, 0.2) is 0 Å². The number of thiocarbonyl (C=S) groups is 1. The number of benzene rings is 2. The lowest BCUT2D eigenvalue weighted by atomic mass is 10.1. The summed E-state index contributed by atoms with van der Waals surface area (Å²) in [6, 6.07) is 14.3. The fourth-order valence-corrected chi connectivity index (χ4v) is 2.39. The molecule has 4 heteroatoms. The van der Waals surface area contributed by atoms with Gasteiger partial charge in [0.2, 0.25) is 0 Å². The number of thioether (sulfide) groups is 1. The first-order valence-corrected chi connectivity index (χ1v) is 7.55. The first-order valence-electron chi connectivity index (χ1n) is 5.91. The van der Waals surface area contributed by atoms with E-state index < -0.39 is 0 Å². The fraction of sp³-hybridized carbons (Fsp3) is 0.133. The van der Waals surface area contributed by atoms with Gasteiger partial charge in [0.25, 0.3) is 0 Å². The van der Waals surface area contributed by atoms with Crippen LogP contribution in [-0.4, -0.2) is 11.2 Å². The lowest BCUT2D eigenvalue weighted by Gasteiger charge is -2.12. The van der Waals surface area contributed by atoms with Crippen LogP contribution in [0, 0.1) is 6.92 Å². The molecule has 0 aliphatic rings. The van der Waals surface area contributed by atoms with Crippen LogP contribution < -0.4 is 11.1 Å². The van der Waals surface area contributed by atoms with Crippen LogP contribution in [0.1, 0.15) is 11.1 Å². The Balaban J connectivity index is 2.31. The molecule has 0 heterocycles. The molecule has 0 saturated carbocycles. The third-order valence-electron chi connectivity index (χ3n) is 2.81. The third kappa shape index (κ3) is 3.49. The Morgan fingerprint density at radius 2 is 1.84 bits per heavy atom.